The van der Waals surface area contributed by atoms with Gasteiger partial charge in [-0.15, -0.1) is 0 Å². The molecule has 2 heterocycles. The van der Waals surface area contributed by atoms with Crippen LogP contribution in [0.2, 0.25) is 5.15 Å². The summed E-state index contributed by atoms with van der Waals surface area (Å²) in [4.78, 5) is 17.9. The van der Waals surface area contributed by atoms with Gasteiger partial charge in [0.25, 0.3) is 5.91 Å². The summed E-state index contributed by atoms with van der Waals surface area (Å²) in [7, 11) is 0. The lowest BCUT2D eigenvalue weighted by Gasteiger charge is -2.38. The van der Waals surface area contributed by atoms with Crippen molar-refractivity contribution in [3.05, 3.63) is 70.4 Å². The fourth-order valence-electron chi connectivity index (χ4n) is 3.43. The molecule has 0 unspecified atom stereocenters. The second-order valence-electron chi connectivity index (χ2n) is 6.66. The lowest BCUT2D eigenvalue weighted by molar-refractivity contribution is -0.144. The average Bonchev–Trinajstić information content (AvgIpc) is 2.63. The number of pyridine rings is 1. The first-order chi connectivity index (χ1) is 13.2. The molecule has 8 heteroatoms. The van der Waals surface area contributed by atoms with Crippen molar-refractivity contribution in [3.8, 4) is 0 Å². The number of nitrogens with one attached hydrogen (secondary N) is 1. The van der Waals surface area contributed by atoms with Crippen LogP contribution in [-0.2, 0) is 0 Å². The van der Waals surface area contributed by atoms with E-state index in [1.165, 1.54) is 6.07 Å². The molecule has 3 aromatic rings. The van der Waals surface area contributed by atoms with Crippen LogP contribution in [0.3, 0.4) is 0 Å². The summed E-state index contributed by atoms with van der Waals surface area (Å²) < 4.78 is 39.6. The van der Waals surface area contributed by atoms with E-state index in [2.05, 4.69) is 10.3 Å². The van der Waals surface area contributed by atoms with E-state index in [9.17, 15) is 18.0 Å². The molecular weight excluding hydrogens is 391 g/mol. The first-order valence-electron chi connectivity index (χ1n) is 8.53. The Bertz CT molecular complexity index is 1080. The van der Waals surface area contributed by atoms with Crippen molar-refractivity contribution >= 4 is 34.1 Å². The molecule has 1 amide bonds. The number of amides is 1. The number of hydrogen-bond donors (Lipinski definition) is 1. The normalized spacial score (nSPS) is 16.8. The molecule has 144 valence electrons. The van der Waals surface area contributed by atoms with Crippen LogP contribution in [0.4, 0.5) is 18.9 Å². The summed E-state index contributed by atoms with van der Waals surface area (Å²) in [5.74, 6) is -0.711. The smallest absolute Gasteiger partial charge is 0.361 e. The zero-order valence-electron chi connectivity index (χ0n) is 14.7. The second-order valence-corrected chi connectivity index (χ2v) is 7.01. The van der Waals surface area contributed by atoms with E-state index < -0.39 is 24.8 Å². The number of rotatable bonds is 2. The van der Waals surface area contributed by atoms with Crippen LogP contribution in [-0.4, -0.2) is 28.5 Å². The Morgan fingerprint density at radius 1 is 1.18 bits per heavy atom. The van der Waals surface area contributed by atoms with Gasteiger partial charge in [0.05, 0.1) is 11.1 Å². The fraction of sp³-hybridized carbons (Fsp3) is 0.200. The number of alkyl halides is 3. The molecule has 0 fully saturated rings. The molecule has 4 rings (SSSR count). The highest BCUT2D eigenvalue weighted by atomic mass is 35.5. The van der Waals surface area contributed by atoms with Gasteiger partial charge in [-0.05, 0) is 30.7 Å². The van der Waals surface area contributed by atoms with Gasteiger partial charge in [0.2, 0.25) is 0 Å². The Morgan fingerprint density at radius 2 is 1.93 bits per heavy atom. The Hall–Kier alpha value is -2.80. The van der Waals surface area contributed by atoms with Crippen molar-refractivity contribution in [3.63, 3.8) is 0 Å². The first-order valence-corrected chi connectivity index (χ1v) is 8.91. The summed E-state index contributed by atoms with van der Waals surface area (Å²) in [6.45, 7) is 0.472. The van der Waals surface area contributed by atoms with Gasteiger partial charge in [-0.2, -0.15) is 13.2 Å². The Kier molecular flexibility index (Phi) is 4.42. The highest BCUT2D eigenvalue weighted by molar-refractivity contribution is 6.30. The van der Waals surface area contributed by atoms with Crippen LogP contribution in [0.15, 0.2) is 48.5 Å². The molecule has 0 spiro atoms. The zero-order valence-corrected chi connectivity index (χ0v) is 15.5. The van der Waals surface area contributed by atoms with Gasteiger partial charge >= 0.3 is 6.18 Å². The maximum absolute atomic E-state index is 13.2. The number of fused-ring (bicyclic) bond motifs is 2. The minimum absolute atomic E-state index is 0.0543. The number of benzene rings is 2. The zero-order chi connectivity index (χ0) is 20.1. The van der Waals surface area contributed by atoms with Crippen molar-refractivity contribution in [1.29, 1.82) is 0 Å². The van der Waals surface area contributed by atoms with Crippen LogP contribution < -0.4 is 5.32 Å². The molecule has 0 bridgehead atoms. The van der Waals surface area contributed by atoms with E-state index in [1.807, 2.05) is 25.1 Å². The van der Waals surface area contributed by atoms with Gasteiger partial charge in [-0.3, -0.25) is 4.79 Å². The third kappa shape index (κ3) is 3.26. The van der Waals surface area contributed by atoms with Crippen LogP contribution in [0, 0.1) is 6.92 Å². The van der Waals surface area contributed by atoms with Gasteiger partial charge in [-0.1, -0.05) is 41.9 Å². The summed E-state index contributed by atoms with van der Waals surface area (Å²) in [6, 6.07) is 13.7. The maximum Gasteiger partial charge on any atom is 0.406 e. The Balaban J connectivity index is 1.87. The number of anilines is 1. The van der Waals surface area contributed by atoms with E-state index in [0.29, 0.717) is 16.8 Å². The average molecular weight is 406 g/mol. The SMILES string of the molecule is Cc1cccc2cc([C@H]3Nc4ccccc4C(=O)N3CC(F)(F)F)c(Cl)nc12. The maximum atomic E-state index is 13.2. The van der Waals surface area contributed by atoms with E-state index in [0.717, 1.165) is 15.8 Å². The van der Waals surface area contributed by atoms with Crippen molar-refractivity contribution < 1.29 is 18.0 Å². The molecule has 1 atom stereocenters. The minimum Gasteiger partial charge on any atom is -0.361 e. The third-order valence-corrected chi connectivity index (χ3v) is 5.00. The van der Waals surface area contributed by atoms with Crippen LogP contribution in [0.1, 0.15) is 27.7 Å². The van der Waals surface area contributed by atoms with E-state index >= 15 is 0 Å². The quantitative estimate of drug-likeness (QED) is 0.586. The van der Waals surface area contributed by atoms with Crippen LogP contribution in [0.25, 0.3) is 10.9 Å². The summed E-state index contributed by atoms with van der Waals surface area (Å²) in [6.07, 6.45) is -5.65. The molecule has 1 aliphatic heterocycles. The summed E-state index contributed by atoms with van der Waals surface area (Å²) in [5.41, 5.74) is 2.52. The monoisotopic (exact) mass is 405 g/mol. The number of aryl methyl sites for hydroxylation is 1. The number of carbonyl (C=O) groups is 1. The van der Waals surface area contributed by atoms with Crippen molar-refractivity contribution in [2.45, 2.75) is 19.3 Å². The lowest BCUT2D eigenvalue weighted by Crippen LogP contribution is -2.47. The van der Waals surface area contributed by atoms with Gasteiger partial charge in [0.1, 0.15) is 17.9 Å². The predicted molar refractivity (Wildman–Crippen MR) is 101 cm³/mol. The lowest BCUT2D eigenvalue weighted by atomic mass is 10.0. The highest BCUT2D eigenvalue weighted by Crippen LogP contribution is 2.38. The summed E-state index contributed by atoms with van der Waals surface area (Å²) in [5, 5.41) is 3.81. The Labute approximate surface area is 163 Å². The van der Waals surface area contributed by atoms with Crippen molar-refractivity contribution in [2.24, 2.45) is 0 Å². The first kappa shape index (κ1) is 18.6. The Morgan fingerprint density at radius 3 is 2.68 bits per heavy atom. The molecule has 0 saturated heterocycles. The minimum atomic E-state index is -4.56. The van der Waals surface area contributed by atoms with E-state index in [4.69, 9.17) is 11.6 Å². The van der Waals surface area contributed by atoms with E-state index in [1.54, 1.807) is 24.3 Å². The predicted octanol–water partition coefficient (Wildman–Crippen LogP) is 5.33. The molecule has 0 saturated carbocycles. The molecular formula is C20H15ClF3N3O. The van der Waals surface area contributed by atoms with Gasteiger partial charge in [0.15, 0.2) is 0 Å². The molecule has 1 aromatic heterocycles. The number of nitrogens with zero attached hydrogens (tertiary/aromatic N) is 2. The van der Waals surface area contributed by atoms with Crippen molar-refractivity contribution in [2.75, 3.05) is 11.9 Å². The van der Waals surface area contributed by atoms with Crippen molar-refractivity contribution in [1.82, 2.24) is 9.88 Å². The fourth-order valence-corrected chi connectivity index (χ4v) is 3.67. The molecule has 0 aliphatic carbocycles. The molecule has 1 aliphatic rings. The molecule has 4 nitrogen and oxygen atoms in total. The summed E-state index contributed by atoms with van der Waals surface area (Å²) >= 11 is 6.35. The largest absolute Gasteiger partial charge is 0.406 e. The third-order valence-electron chi connectivity index (χ3n) is 4.69. The number of carbonyl (C=O) groups excluding carboxylic acids is 1. The van der Waals surface area contributed by atoms with Crippen LogP contribution in [0.5, 0.6) is 0 Å². The van der Waals surface area contributed by atoms with E-state index in [-0.39, 0.29) is 10.7 Å². The standard InChI is InChI=1S/C20H15ClF3N3O/c1-11-5-4-6-12-9-14(17(21)26-16(11)12)18-25-15-8-3-2-7-13(15)19(28)27(18)10-20(22,23)24/h2-9,18,25H,10H2,1H3/t18-/m0/s1. The molecule has 1 N–H and O–H groups in total. The number of para-hydroxylation sites is 2. The number of aromatic nitrogens is 1. The molecule has 28 heavy (non-hydrogen) atoms. The molecule has 2 aromatic carbocycles. The van der Waals surface area contributed by atoms with Gasteiger partial charge < -0.3 is 10.2 Å². The van der Waals surface area contributed by atoms with Crippen LogP contribution >= 0.6 is 11.6 Å². The topological polar surface area (TPSA) is 45.2 Å². The van der Waals surface area contributed by atoms with Gasteiger partial charge in [-0.25, -0.2) is 4.98 Å². The molecule has 0 radical (unpaired) electrons. The van der Waals surface area contributed by atoms with Gasteiger partial charge in [0, 0.05) is 16.6 Å². The highest BCUT2D eigenvalue weighted by Gasteiger charge is 2.41. The number of halogens is 4. The number of hydrogen-bond acceptors (Lipinski definition) is 3. The second kappa shape index (κ2) is 6.67.